The van der Waals surface area contributed by atoms with Crippen molar-refractivity contribution in [1.29, 1.82) is 0 Å². The van der Waals surface area contributed by atoms with Crippen LogP contribution in [0.1, 0.15) is 387 Å². The van der Waals surface area contributed by atoms with Crippen molar-refractivity contribution in [2.75, 3.05) is 13.2 Å². The lowest BCUT2D eigenvalue weighted by atomic mass is 10.0. The minimum Gasteiger partial charge on any atom is -0.462 e. The van der Waals surface area contributed by atoms with Gasteiger partial charge in [-0.15, -0.1) is 0 Å². The highest BCUT2D eigenvalue weighted by atomic mass is 16.6. The summed E-state index contributed by atoms with van der Waals surface area (Å²) in [6.07, 6.45) is 79.5. The molecule has 0 aliphatic rings. The summed E-state index contributed by atoms with van der Waals surface area (Å²) in [5.74, 6) is -0.855. The first kappa shape index (κ1) is 73.9. The number of ether oxygens (including phenoxy) is 3. The summed E-state index contributed by atoms with van der Waals surface area (Å²) >= 11 is 0. The Bertz CT molecular complexity index is 1230. The lowest BCUT2D eigenvalue weighted by Crippen LogP contribution is -2.30. The van der Waals surface area contributed by atoms with Gasteiger partial charge in [0, 0.05) is 19.3 Å². The Kier molecular flexibility index (Phi) is 63.6. The van der Waals surface area contributed by atoms with E-state index >= 15 is 0 Å². The van der Waals surface area contributed by atoms with Crippen LogP contribution in [-0.2, 0) is 28.6 Å². The Hall–Kier alpha value is -2.11. The van der Waals surface area contributed by atoms with Gasteiger partial charge >= 0.3 is 17.9 Å². The van der Waals surface area contributed by atoms with E-state index in [1.807, 2.05) is 0 Å². The van der Waals surface area contributed by atoms with Gasteiger partial charge in [-0.1, -0.05) is 321 Å². The predicted octanol–water partition coefficient (Wildman–Crippen LogP) is 23.4. The van der Waals surface area contributed by atoms with E-state index < -0.39 is 6.10 Å². The molecule has 0 N–H and O–H groups in total. The fraction of sp³-hybridized carbons (Fsp3) is 0.900. The minimum absolute atomic E-state index is 0.0687. The van der Waals surface area contributed by atoms with Crippen LogP contribution in [0.4, 0.5) is 0 Å². The molecule has 0 aromatic carbocycles. The van der Waals surface area contributed by atoms with E-state index in [-0.39, 0.29) is 31.1 Å². The average molecular weight is 1070 g/mol. The molecular formula is C70H132O6. The Morgan fingerprint density at radius 2 is 0.434 bits per heavy atom. The van der Waals surface area contributed by atoms with E-state index in [1.54, 1.807) is 0 Å². The van der Waals surface area contributed by atoms with E-state index in [0.717, 1.165) is 64.2 Å². The van der Waals surface area contributed by atoms with E-state index in [1.165, 1.54) is 283 Å². The first-order valence-corrected chi connectivity index (χ1v) is 34.3. The second-order valence-corrected chi connectivity index (χ2v) is 23.4. The summed E-state index contributed by atoms with van der Waals surface area (Å²) in [6, 6.07) is 0. The smallest absolute Gasteiger partial charge is 0.306 e. The number of unbranched alkanes of at least 4 members (excludes halogenated alkanes) is 49. The topological polar surface area (TPSA) is 78.9 Å². The van der Waals surface area contributed by atoms with Crippen LogP contribution in [0.2, 0.25) is 0 Å². The van der Waals surface area contributed by atoms with Crippen molar-refractivity contribution < 1.29 is 28.6 Å². The molecule has 0 rings (SSSR count). The molecule has 0 aromatic heterocycles. The van der Waals surface area contributed by atoms with Gasteiger partial charge in [0.05, 0.1) is 0 Å². The van der Waals surface area contributed by atoms with Crippen LogP contribution in [-0.4, -0.2) is 37.2 Å². The fourth-order valence-corrected chi connectivity index (χ4v) is 10.5. The number of carbonyl (C=O) groups is 3. The number of carbonyl (C=O) groups excluding carboxylic acids is 3. The largest absolute Gasteiger partial charge is 0.462 e. The van der Waals surface area contributed by atoms with Gasteiger partial charge in [-0.25, -0.2) is 0 Å². The second kappa shape index (κ2) is 65.4. The summed E-state index contributed by atoms with van der Waals surface area (Å²) in [6.45, 7) is 6.66. The zero-order valence-corrected chi connectivity index (χ0v) is 51.6. The normalized spacial score (nSPS) is 12.1. The van der Waals surface area contributed by atoms with Crippen molar-refractivity contribution in [3.63, 3.8) is 0 Å². The van der Waals surface area contributed by atoms with E-state index in [4.69, 9.17) is 14.2 Å². The zero-order chi connectivity index (χ0) is 55.0. The van der Waals surface area contributed by atoms with Gasteiger partial charge in [0.2, 0.25) is 0 Å². The van der Waals surface area contributed by atoms with Crippen LogP contribution in [0.3, 0.4) is 0 Å². The fourth-order valence-electron chi connectivity index (χ4n) is 10.5. The Morgan fingerprint density at radius 3 is 0.684 bits per heavy atom. The first-order valence-electron chi connectivity index (χ1n) is 34.3. The number of hydrogen-bond acceptors (Lipinski definition) is 6. The van der Waals surface area contributed by atoms with Crippen LogP contribution >= 0.6 is 0 Å². The van der Waals surface area contributed by atoms with Gasteiger partial charge in [0.15, 0.2) is 6.10 Å². The van der Waals surface area contributed by atoms with Gasteiger partial charge in [-0.2, -0.15) is 0 Å². The molecule has 1 unspecified atom stereocenters. The maximum absolute atomic E-state index is 12.8. The van der Waals surface area contributed by atoms with Crippen LogP contribution in [0.25, 0.3) is 0 Å². The number of allylic oxidation sites excluding steroid dienone is 4. The molecule has 0 radical (unpaired) electrons. The molecule has 6 nitrogen and oxygen atoms in total. The number of esters is 3. The predicted molar refractivity (Wildman–Crippen MR) is 330 cm³/mol. The third-order valence-corrected chi connectivity index (χ3v) is 15.7. The average Bonchev–Trinajstić information content (AvgIpc) is 3.42. The van der Waals surface area contributed by atoms with Crippen LogP contribution in [0.5, 0.6) is 0 Å². The summed E-state index contributed by atoms with van der Waals surface area (Å²) in [7, 11) is 0. The van der Waals surface area contributed by atoms with Crippen molar-refractivity contribution in [2.24, 2.45) is 0 Å². The Morgan fingerprint density at radius 1 is 0.250 bits per heavy atom. The molecule has 0 fully saturated rings. The highest BCUT2D eigenvalue weighted by Gasteiger charge is 2.19. The zero-order valence-electron chi connectivity index (χ0n) is 51.6. The monoisotopic (exact) mass is 1070 g/mol. The molecule has 0 aliphatic carbocycles. The van der Waals surface area contributed by atoms with Gasteiger partial charge in [0.25, 0.3) is 0 Å². The molecule has 1 atom stereocenters. The third-order valence-electron chi connectivity index (χ3n) is 15.7. The Balaban J connectivity index is 3.95. The molecule has 448 valence electrons. The molecule has 76 heavy (non-hydrogen) atoms. The molecule has 6 heteroatoms. The van der Waals surface area contributed by atoms with Crippen molar-refractivity contribution in [1.82, 2.24) is 0 Å². The SMILES string of the molecule is CCCCC/C=C\CCCCCCCC(=O)OC(COC(=O)CCCCCCCCCCCCC)COC(=O)CCCCCCCCCCCCCCCCCCCCCCCCC/C=C\CCCCCCCCCC. The van der Waals surface area contributed by atoms with Gasteiger partial charge in [-0.3, -0.25) is 14.4 Å². The van der Waals surface area contributed by atoms with Gasteiger partial charge in [0.1, 0.15) is 13.2 Å². The van der Waals surface area contributed by atoms with E-state index in [9.17, 15) is 14.4 Å². The van der Waals surface area contributed by atoms with Gasteiger partial charge in [-0.05, 0) is 70.6 Å². The molecule has 0 heterocycles. The first-order chi connectivity index (χ1) is 37.5. The molecular weight excluding hydrogens is 937 g/mol. The van der Waals surface area contributed by atoms with Crippen molar-refractivity contribution in [3.05, 3.63) is 24.3 Å². The molecule has 0 spiro atoms. The summed E-state index contributed by atoms with van der Waals surface area (Å²) in [4.78, 5) is 38.1. The standard InChI is InChI=1S/C70H132O6/c1-4-7-10-13-16-19-22-24-25-26-27-28-29-30-31-32-33-34-35-36-37-38-39-40-41-42-43-44-45-46-49-51-54-57-60-63-69(72)75-66-67(65-74-68(71)62-59-56-53-50-47-21-18-15-12-9-6-3)76-70(73)64-61-58-55-52-48-23-20-17-14-11-8-5-2/h17,20,26-27,67H,4-16,18-19,21-25,28-66H2,1-3H3/b20-17-,27-26-. The lowest BCUT2D eigenvalue weighted by Gasteiger charge is -2.18. The summed E-state index contributed by atoms with van der Waals surface area (Å²) < 4.78 is 16.9. The third kappa shape index (κ3) is 62.7. The van der Waals surface area contributed by atoms with E-state index in [2.05, 4.69) is 45.1 Å². The van der Waals surface area contributed by atoms with E-state index in [0.29, 0.717) is 19.3 Å². The van der Waals surface area contributed by atoms with Crippen molar-refractivity contribution in [3.8, 4) is 0 Å². The van der Waals surface area contributed by atoms with Crippen molar-refractivity contribution in [2.45, 2.75) is 393 Å². The second-order valence-electron chi connectivity index (χ2n) is 23.4. The molecule has 0 saturated heterocycles. The lowest BCUT2D eigenvalue weighted by molar-refractivity contribution is -0.167. The molecule has 0 aromatic rings. The quantitative estimate of drug-likeness (QED) is 0.0261. The highest BCUT2D eigenvalue weighted by Crippen LogP contribution is 2.18. The molecule has 0 amide bonds. The molecule has 0 aliphatic heterocycles. The molecule has 0 bridgehead atoms. The molecule has 0 saturated carbocycles. The number of rotatable bonds is 64. The minimum atomic E-state index is -0.770. The van der Waals surface area contributed by atoms with Crippen LogP contribution < -0.4 is 0 Å². The Labute approximate surface area is 474 Å². The van der Waals surface area contributed by atoms with Crippen LogP contribution in [0, 0.1) is 0 Å². The van der Waals surface area contributed by atoms with Crippen LogP contribution in [0.15, 0.2) is 24.3 Å². The highest BCUT2D eigenvalue weighted by molar-refractivity contribution is 5.71. The maximum atomic E-state index is 12.8. The summed E-state index contributed by atoms with van der Waals surface area (Å²) in [5.41, 5.74) is 0. The summed E-state index contributed by atoms with van der Waals surface area (Å²) in [5, 5.41) is 0. The number of hydrogen-bond donors (Lipinski definition) is 0. The van der Waals surface area contributed by atoms with Gasteiger partial charge < -0.3 is 14.2 Å². The van der Waals surface area contributed by atoms with Crippen molar-refractivity contribution >= 4 is 17.9 Å². The maximum Gasteiger partial charge on any atom is 0.306 e.